The van der Waals surface area contributed by atoms with Gasteiger partial charge in [-0.1, -0.05) is 0 Å². The summed E-state index contributed by atoms with van der Waals surface area (Å²) in [7, 11) is 0. The van der Waals surface area contributed by atoms with Crippen LogP contribution in [0.3, 0.4) is 0 Å². The van der Waals surface area contributed by atoms with Crippen LogP contribution in [-0.4, -0.2) is 29.5 Å². The molecule has 0 aliphatic rings. The molecule has 0 radical (unpaired) electrons. The Morgan fingerprint density at radius 3 is 3.00 bits per heavy atom. The van der Waals surface area contributed by atoms with Crippen LogP contribution < -0.4 is 4.74 Å². The molecule has 1 rings (SSSR count). The quantitative estimate of drug-likeness (QED) is 0.698. The first-order valence-corrected chi connectivity index (χ1v) is 4.21. The number of ether oxygens (including phenoxy) is 1. The Kier molecular flexibility index (Phi) is 3.35. The zero-order chi connectivity index (χ0) is 8.10. The summed E-state index contributed by atoms with van der Waals surface area (Å²) in [6.07, 6.45) is -0.783. The fourth-order valence-corrected chi connectivity index (χ4v) is 1.15. The topological polar surface area (TPSA) is 49.7 Å². The van der Waals surface area contributed by atoms with Crippen LogP contribution in [-0.2, 0) is 0 Å². The average molecular weight is 174 g/mol. The van der Waals surface area contributed by atoms with Gasteiger partial charge in [-0.2, -0.15) is 0 Å². The molecular weight excluding hydrogens is 164 g/mol. The second-order valence-corrected chi connectivity index (χ2v) is 2.89. The largest absolute Gasteiger partial charge is 0.490 e. The van der Waals surface area contributed by atoms with E-state index in [0.29, 0.717) is 0 Å². The lowest BCUT2D eigenvalue weighted by atomic mass is 10.4. The van der Waals surface area contributed by atoms with E-state index in [4.69, 9.17) is 14.9 Å². The molecule has 1 aromatic rings. The van der Waals surface area contributed by atoms with Crippen molar-refractivity contribution in [1.82, 2.24) is 0 Å². The Morgan fingerprint density at radius 2 is 2.45 bits per heavy atom. The van der Waals surface area contributed by atoms with Crippen LogP contribution in [0.4, 0.5) is 0 Å². The highest BCUT2D eigenvalue weighted by Crippen LogP contribution is 2.14. The molecule has 1 aromatic heterocycles. The van der Waals surface area contributed by atoms with Crippen molar-refractivity contribution >= 4 is 11.3 Å². The zero-order valence-corrected chi connectivity index (χ0v) is 6.75. The molecular formula is C7H10O3S. The van der Waals surface area contributed by atoms with Gasteiger partial charge in [-0.3, -0.25) is 0 Å². The van der Waals surface area contributed by atoms with E-state index in [9.17, 15) is 0 Å². The van der Waals surface area contributed by atoms with Crippen molar-refractivity contribution in [2.45, 2.75) is 6.10 Å². The maximum absolute atomic E-state index is 8.89. The van der Waals surface area contributed by atoms with Gasteiger partial charge in [-0.15, -0.1) is 11.3 Å². The maximum atomic E-state index is 8.89. The summed E-state index contributed by atoms with van der Waals surface area (Å²) in [5.41, 5.74) is 0. The molecule has 0 aromatic carbocycles. The highest BCUT2D eigenvalue weighted by atomic mass is 32.1. The summed E-state index contributed by atoms with van der Waals surface area (Å²) in [6, 6.07) is 1.81. The van der Waals surface area contributed by atoms with Crippen molar-refractivity contribution in [3.8, 4) is 5.75 Å². The lowest BCUT2D eigenvalue weighted by Gasteiger charge is -2.07. The van der Waals surface area contributed by atoms with E-state index in [1.165, 1.54) is 11.3 Å². The Bertz CT molecular complexity index is 186. The number of aliphatic hydroxyl groups excluding tert-OH is 2. The molecule has 0 saturated heterocycles. The van der Waals surface area contributed by atoms with Crippen molar-refractivity contribution in [3.05, 3.63) is 16.8 Å². The monoisotopic (exact) mass is 174 g/mol. The molecule has 0 fully saturated rings. The fourth-order valence-electron chi connectivity index (χ4n) is 0.579. The number of thiophene rings is 1. The second kappa shape index (κ2) is 4.33. The van der Waals surface area contributed by atoms with Crippen molar-refractivity contribution in [3.63, 3.8) is 0 Å². The van der Waals surface area contributed by atoms with Gasteiger partial charge < -0.3 is 14.9 Å². The SMILES string of the molecule is OCC(O)COc1ccsc1. The minimum absolute atomic E-state index is 0.146. The lowest BCUT2D eigenvalue weighted by Crippen LogP contribution is -2.21. The minimum atomic E-state index is -0.783. The number of rotatable bonds is 4. The predicted molar refractivity (Wildman–Crippen MR) is 42.9 cm³/mol. The van der Waals surface area contributed by atoms with Gasteiger partial charge >= 0.3 is 0 Å². The third-order valence-electron chi connectivity index (χ3n) is 1.15. The van der Waals surface area contributed by atoms with Crippen LogP contribution in [0.15, 0.2) is 16.8 Å². The molecule has 1 unspecified atom stereocenters. The van der Waals surface area contributed by atoms with Crippen molar-refractivity contribution in [2.75, 3.05) is 13.2 Å². The van der Waals surface area contributed by atoms with E-state index in [1.54, 1.807) is 0 Å². The fraction of sp³-hybridized carbons (Fsp3) is 0.429. The molecule has 0 aliphatic heterocycles. The van der Waals surface area contributed by atoms with Gasteiger partial charge in [0, 0.05) is 5.38 Å². The Morgan fingerprint density at radius 1 is 1.64 bits per heavy atom. The summed E-state index contributed by atoms with van der Waals surface area (Å²) in [5, 5.41) is 21.0. The predicted octanol–water partition coefficient (Wildman–Crippen LogP) is 0.480. The summed E-state index contributed by atoms with van der Waals surface area (Å²) in [6.45, 7) is -0.114. The molecule has 3 nitrogen and oxygen atoms in total. The maximum Gasteiger partial charge on any atom is 0.130 e. The third-order valence-corrected chi connectivity index (χ3v) is 1.81. The highest BCUT2D eigenvalue weighted by Gasteiger charge is 2.02. The van der Waals surface area contributed by atoms with Gasteiger partial charge in [0.2, 0.25) is 0 Å². The van der Waals surface area contributed by atoms with Crippen molar-refractivity contribution in [1.29, 1.82) is 0 Å². The summed E-state index contributed by atoms with van der Waals surface area (Å²) in [5.74, 6) is 0.738. The molecule has 62 valence electrons. The second-order valence-electron chi connectivity index (χ2n) is 2.11. The van der Waals surface area contributed by atoms with Gasteiger partial charge in [-0.05, 0) is 11.4 Å². The Balaban J connectivity index is 2.23. The molecule has 0 saturated carbocycles. The number of aliphatic hydroxyl groups is 2. The molecule has 2 N–H and O–H groups in total. The third kappa shape index (κ3) is 2.88. The number of hydrogen-bond donors (Lipinski definition) is 2. The van der Waals surface area contributed by atoms with E-state index < -0.39 is 6.10 Å². The van der Waals surface area contributed by atoms with Crippen LogP contribution in [0.25, 0.3) is 0 Å². The van der Waals surface area contributed by atoms with E-state index in [1.807, 2.05) is 16.8 Å². The average Bonchev–Trinajstić information content (AvgIpc) is 2.52. The summed E-state index contributed by atoms with van der Waals surface area (Å²) >= 11 is 1.53. The van der Waals surface area contributed by atoms with Gasteiger partial charge in [0.05, 0.1) is 6.61 Å². The molecule has 4 heteroatoms. The van der Waals surface area contributed by atoms with Crippen LogP contribution >= 0.6 is 11.3 Å². The van der Waals surface area contributed by atoms with Crippen LogP contribution in [0.5, 0.6) is 5.75 Å². The summed E-state index contributed by atoms with van der Waals surface area (Å²) < 4.78 is 5.10. The number of hydrogen-bond acceptors (Lipinski definition) is 4. The van der Waals surface area contributed by atoms with Crippen LogP contribution in [0, 0.1) is 0 Å². The molecule has 0 aliphatic carbocycles. The molecule has 0 bridgehead atoms. The van der Waals surface area contributed by atoms with Crippen LogP contribution in [0.2, 0.25) is 0 Å². The molecule has 1 atom stereocenters. The Labute approximate surface area is 68.9 Å². The summed E-state index contributed by atoms with van der Waals surface area (Å²) in [4.78, 5) is 0. The van der Waals surface area contributed by atoms with E-state index in [-0.39, 0.29) is 13.2 Å². The van der Waals surface area contributed by atoms with Gasteiger partial charge in [-0.25, -0.2) is 0 Å². The van der Waals surface area contributed by atoms with E-state index >= 15 is 0 Å². The standard InChI is InChI=1S/C7H10O3S/c8-3-6(9)4-10-7-1-2-11-5-7/h1-2,5-6,8-9H,3-4H2. The minimum Gasteiger partial charge on any atom is -0.490 e. The normalized spacial score (nSPS) is 12.9. The van der Waals surface area contributed by atoms with Gasteiger partial charge in [0.15, 0.2) is 0 Å². The highest BCUT2D eigenvalue weighted by molar-refractivity contribution is 7.08. The van der Waals surface area contributed by atoms with Crippen molar-refractivity contribution in [2.24, 2.45) is 0 Å². The first-order valence-electron chi connectivity index (χ1n) is 3.27. The first-order chi connectivity index (χ1) is 5.33. The smallest absolute Gasteiger partial charge is 0.130 e. The zero-order valence-electron chi connectivity index (χ0n) is 5.93. The van der Waals surface area contributed by atoms with E-state index in [2.05, 4.69) is 0 Å². The lowest BCUT2D eigenvalue weighted by molar-refractivity contribution is 0.0537. The molecule has 1 heterocycles. The molecule has 11 heavy (non-hydrogen) atoms. The van der Waals surface area contributed by atoms with Gasteiger partial charge in [0.25, 0.3) is 0 Å². The van der Waals surface area contributed by atoms with Crippen molar-refractivity contribution < 1.29 is 14.9 Å². The Hall–Kier alpha value is -0.580. The van der Waals surface area contributed by atoms with Gasteiger partial charge in [0.1, 0.15) is 18.5 Å². The van der Waals surface area contributed by atoms with E-state index in [0.717, 1.165) is 5.75 Å². The molecule has 0 spiro atoms. The molecule has 0 amide bonds. The van der Waals surface area contributed by atoms with Crippen LogP contribution in [0.1, 0.15) is 0 Å². The first kappa shape index (κ1) is 8.52.